The fourth-order valence-corrected chi connectivity index (χ4v) is 5.07. The van der Waals surface area contributed by atoms with Crippen molar-refractivity contribution in [3.8, 4) is 0 Å². The van der Waals surface area contributed by atoms with Crippen LogP contribution in [0, 0.1) is 0 Å². The van der Waals surface area contributed by atoms with E-state index in [9.17, 15) is 40.5 Å². The molecule has 258 valence electrons. The van der Waals surface area contributed by atoms with Crippen LogP contribution in [0.1, 0.15) is 110 Å². The number of aliphatic hydroxyl groups excluding tert-OH is 7. The zero-order valence-electron chi connectivity index (χ0n) is 26.9. The minimum Gasteiger partial charge on any atom is -0.394 e. The van der Waals surface area contributed by atoms with Crippen LogP contribution in [0.2, 0.25) is 0 Å². The van der Waals surface area contributed by atoms with Crippen molar-refractivity contribution >= 4 is 5.91 Å². The number of carbonyl (C=O) groups is 1. The summed E-state index contributed by atoms with van der Waals surface area (Å²) in [5.74, 6) is -0.773. The van der Waals surface area contributed by atoms with Gasteiger partial charge < -0.3 is 50.5 Å². The van der Waals surface area contributed by atoms with Crippen molar-refractivity contribution in [2.75, 3.05) is 13.2 Å². The summed E-state index contributed by atoms with van der Waals surface area (Å²) in [6.45, 7) is 3.21. The fourth-order valence-electron chi connectivity index (χ4n) is 5.07. The Labute approximate surface area is 264 Å². The number of carbonyl (C=O) groups excluding carboxylic acids is 1. The molecule has 0 radical (unpaired) electrons. The van der Waals surface area contributed by atoms with Gasteiger partial charge in [0.1, 0.15) is 36.6 Å². The Bertz CT molecular complexity index is 780. The van der Waals surface area contributed by atoms with Crippen molar-refractivity contribution in [2.24, 2.45) is 0 Å². The highest BCUT2D eigenvalue weighted by Gasteiger charge is 2.44. The van der Waals surface area contributed by atoms with E-state index in [0.29, 0.717) is 12.8 Å². The number of hydrogen-bond acceptors (Lipinski definition) is 10. The molecular weight excluding hydrogens is 570 g/mol. The highest BCUT2D eigenvalue weighted by atomic mass is 16.7. The first kappa shape index (κ1) is 40.6. The molecule has 8 N–H and O–H groups in total. The molecule has 1 fully saturated rings. The van der Waals surface area contributed by atoms with Gasteiger partial charge in [0.25, 0.3) is 0 Å². The third-order valence-electron chi connectivity index (χ3n) is 8.02. The van der Waals surface area contributed by atoms with Crippen molar-refractivity contribution in [1.29, 1.82) is 0 Å². The van der Waals surface area contributed by atoms with Gasteiger partial charge in [0, 0.05) is 6.42 Å². The van der Waals surface area contributed by atoms with Crippen LogP contribution in [0.3, 0.4) is 0 Å². The zero-order chi connectivity index (χ0) is 32.7. The van der Waals surface area contributed by atoms with E-state index in [1.54, 1.807) is 6.08 Å². The maximum Gasteiger partial charge on any atom is 0.249 e. The maximum absolute atomic E-state index is 12.8. The summed E-state index contributed by atoms with van der Waals surface area (Å²) >= 11 is 0. The molecule has 1 saturated heterocycles. The van der Waals surface area contributed by atoms with Crippen molar-refractivity contribution in [3.05, 3.63) is 24.3 Å². The first-order valence-corrected chi connectivity index (χ1v) is 16.7. The van der Waals surface area contributed by atoms with Crippen LogP contribution in [0.5, 0.6) is 0 Å². The SMILES string of the molecule is CCCCCCCC/C=C\C/C=C\CC(O)C(=O)NC(COC1OC(CO)C(O)C(O)C1O)C(O)C(O)CCCCCCC. The molecule has 1 aliphatic heterocycles. The summed E-state index contributed by atoms with van der Waals surface area (Å²) < 4.78 is 10.9. The molecule has 9 atom stereocenters. The van der Waals surface area contributed by atoms with Crippen LogP contribution in [0.15, 0.2) is 24.3 Å². The maximum atomic E-state index is 12.8. The van der Waals surface area contributed by atoms with Crippen LogP contribution >= 0.6 is 0 Å². The Balaban J connectivity index is 2.67. The Morgan fingerprint density at radius 2 is 1.43 bits per heavy atom. The third-order valence-corrected chi connectivity index (χ3v) is 8.02. The van der Waals surface area contributed by atoms with Gasteiger partial charge in [-0.15, -0.1) is 0 Å². The molecule has 0 spiro atoms. The molecule has 0 saturated carbocycles. The van der Waals surface area contributed by atoms with Crippen LogP contribution < -0.4 is 5.32 Å². The molecule has 0 aromatic carbocycles. The average Bonchev–Trinajstić information content (AvgIpc) is 3.02. The van der Waals surface area contributed by atoms with Crippen LogP contribution in [0.4, 0.5) is 0 Å². The Morgan fingerprint density at radius 1 is 0.818 bits per heavy atom. The van der Waals surface area contributed by atoms with Crippen molar-refractivity contribution in [2.45, 2.75) is 165 Å². The van der Waals surface area contributed by atoms with Gasteiger partial charge in [-0.05, 0) is 25.7 Å². The van der Waals surface area contributed by atoms with Gasteiger partial charge in [-0.25, -0.2) is 0 Å². The summed E-state index contributed by atoms with van der Waals surface area (Å²) in [6, 6.07) is -1.19. The standard InChI is InChI=1S/C33H61NO10/c1-3-5-7-9-10-11-12-13-14-15-17-19-21-26(37)32(42)34-24(28(38)25(36)20-18-16-8-6-4-2)23-43-33-31(41)30(40)29(39)27(22-35)44-33/h13-14,17,19,24-31,33,35-41H,3-12,15-16,18,20-23H2,1-2H3,(H,34,42)/b14-13-,19-17-. The number of rotatable bonds is 25. The van der Waals surface area contributed by atoms with Gasteiger partial charge >= 0.3 is 0 Å². The van der Waals surface area contributed by atoms with E-state index in [2.05, 4.69) is 31.3 Å². The second-order valence-electron chi connectivity index (χ2n) is 11.9. The van der Waals surface area contributed by atoms with E-state index in [1.165, 1.54) is 38.5 Å². The average molecular weight is 632 g/mol. The molecule has 0 aromatic heterocycles. The molecule has 11 heteroatoms. The number of nitrogens with one attached hydrogen (secondary N) is 1. The summed E-state index contributed by atoms with van der Waals surface area (Å²) in [5.41, 5.74) is 0. The third kappa shape index (κ3) is 16.2. The lowest BCUT2D eigenvalue weighted by atomic mass is 9.98. The van der Waals surface area contributed by atoms with Gasteiger partial charge in [-0.1, -0.05) is 102 Å². The number of aliphatic hydroxyl groups is 7. The highest BCUT2D eigenvalue weighted by Crippen LogP contribution is 2.23. The smallest absolute Gasteiger partial charge is 0.249 e. The predicted molar refractivity (Wildman–Crippen MR) is 169 cm³/mol. The molecule has 1 heterocycles. The molecular formula is C33H61NO10. The van der Waals surface area contributed by atoms with Crippen molar-refractivity contribution in [3.63, 3.8) is 0 Å². The van der Waals surface area contributed by atoms with Crippen molar-refractivity contribution in [1.82, 2.24) is 5.32 Å². The number of allylic oxidation sites excluding steroid dienone is 3. The van der Waals surface area contributed by atoms with E-state index in [4.69, 9.17) is 9.47 Å². The largest absolute Gasteiger partial charge is 0.394 e. The summed E-state index contributed by atoms with van der Waals surface area (Å²) in [5, 5.41) is 74.3. The second kappa shape index (κ2) is 24.8. The number of unbranched alkanes of at least 4 members (excludes halogenated alkanes) is 10. The van der Waals surface area contributed by atoms with E-state index >= 15 is 0 Å². The molecule has 1 rings (SSSR count). The quantitative estimate of drug-likeness (QED) is 0.0549. The lowest BCUT2D eigenvalue weighted by Gasteiger charge is -2.40. The van der Waals surface area contributed by atoms with Gasteiger partial charge in [-0.3, -0.25) is 4.79 Å². The molecule has 0 aromatic rings. The van der Waals surface area contributed by atoms with Crippen LogP contribution in [-0.4, -0.2) is 110 Å². The fraction of sp³-hybridized carbons (Fsp3) is 0.848. The van der Waals surface area contributed by atoms with E-state index in [1.807, 2.05) is 6.08 Å². The number of hydrogen-bond donors (Lipinski definition) is 8. The monoisotopic (exact) mass is 631 g/mol. The first-order chi connectivity index (χ1) is 21.2. The molecule has 1 aliphatic rings. The Kier molecular flexibility index (Phi) is 22.9. The normalized spacial score (nSPS) is 25.3. The van der Waals surface area contributed by atoms with Gasteiger partial charge in [0.05, 0.1) is 25.4 Å². The zero-order valence-corrected chi connectivity index (χ0v) is 26.9. The number of amides is 1. The minimum atomic E-state index is -1.67. The van der Waals surface area contributed by atoms with E-state index in [-0.39, 0.29) is 12.8 Å². The van der Waals surface area contributed by atoms with Gasteiger partial charge in [-0.2, -0.15) is 0 Å². The molecule has 0 bridgehead atoms. The Hall–Kier alpha value is -1.41. The van der Waals surface area contributed by atoms with E-state index < -0.39 is 74.2 Å². The summed E-state index contributed by atoms with van der Waals surface area (Å²) in [4.78, 5) is 12.8. The first-order valence-electron chi connectivity index (χ1n) is 16.7. The molecule has 1 amide bonds. The molecule has 44 heavy (non-hydrogen) atoms. The molecule has 11 nitrogen and oxygen atoms in total. The summed E-state index contributed by atoms with van der Waals surface area (Å²) in [6.07, 6.45) is 10.4. The predicted octanol–water partition coefficient (Wildman–Crippen LogP) is 2.37. The molecule has 9 unspecified atom stereocenters. The number of ether oxygens (including phenoxy) is 2. The lowest BCUT2D eigenvalue weighted by molar-refractivity contribution is -0.303. The van der Waals surface area contributed by atoms with Crippen LogP contribution in [0.25, 0.3) is 0 Å². The van der Waals surface area contributed by atoms with Crippen LogP contribution in [-0.2, 0) is 14.3 Å². The lowest BCUT2D eigenvalue weighted by Crippen LogP contribution is -2.60. The minimum absolute atomic E-state index is 0.0491. The highest BCUT2D eigenvalue weighted by molar-refractivity contribution is 5.81. The van der Waals surface area contributed by atoms with E-state index in [0.717, 1.165) is 32.1 Å². The summed E-state index contributed by atoms with van der Waals surface area (Å²) in [7, 11) is 0. The second-order valence-corrected chi connectivity index (χ2v) is 11.9. The van der Waals surface area contributed by atoms with Crippen molar-refractivity contribution < 1.29 is 50.0 Å². The molecule has 0 aliphatic carbocycles. The topological polar surface area (TPSA) is 189 Å². The van der Waals surface area contributed by atoms with Gasteiger partial charge in [0.2, 0.25) is 5.91 Å². The van der Waals surface area contributed by atoms with Gasteiger partial charge in [0.15, 0.2) is 6.29 Å². The Morgan fingerprint density at radius 3 is 2.09 bits per heavy atom.